The van der Waals surface area contributed by atoms with Gasteiger partial charge in [-0.3, -0.25) is 0 Å². The first kappa shape index (κ1) is 44.8. The van der Waals surface area contributed by atoms with E-state index in [1.807, 2.05) is 0 Å². The van der Waals surface area contributed by atoms with Gasteiger partial charge in [-0.2, -0.15) is 0 Å². The average Bonchev–Trinajstić information content (AvgIpc) is 3.03. The molecule has 0 saturated carbocycles. The Labute approximate surface area is 282 Å². The molecular weight excluding hydrogens is 560 g/mol. The van der Waals surface area contributed by atoms with Crippen molar-refractivity contribution in [3.05, 3.63) is 0 Å². The predicted molar refractivity (Wildman–Crippen MR) is 194 cm³/mol. The molecular formula is C40H82O5. The van der Waals surface area contributed by atoms with Crippen LogP contribution in [-0.4, -0.2) is 62.1 Å². The zero-order valence-electron chi connectivity index (χ0n) is 30.7. The van der Waals surface area contributed by atoms with Crippen LogP contribution in [-0.2, 0) is 14.2 Å². The Kier molecular flexibility index (Phi) is 39.8. The maximum absolute atomic E-state index is 8.68. The molecule has 2 unspecified atom stereocenters. The fourth-order valence-corrected chi connectivity index (χ4v) is 6.38. The van der Waals surface area contributed by atoms with E-state index < -0.39 is 0 Å². The highest BCUT2D eigenvalue weighted by Crippen LogP contribution is 2.17. The van der Waals surface area contributed by atoms with Gasteiger partial charge in [0.2, 0.25) is 0 Å². The monoisotopic (exact) mass is 643 g/mol. The number of hydrogen-bond acceptors (Lipinski definition) is 5. The molecule has 0 fully saturated rings. The van der Waals surface area contributed by atoms with Crippen molar-refractivity contribution in [1.82, 2.24) is 0 Å². The summed E-state index contributed by atoms with van der Waals surface area (Å²) >= 11 is 0. The van der Waals surface area contributed by atoms with Gasteiger partial charge in [0, 0.05) is 13.2 Å². The molecule has 2 N–H and O–H groups in total. The van der Waals surface area contributed by atoms with Gasteiger partial charge in [0.25, 0.3) is 0 Å². The molecule has 5 heteroatoms. The number of ether oxygens (including phenoxy) is 3. The molecule has 5 nitrogen and oxygen atoms in total. The lowest BCUT2D eigenvalue weighted by Gasteiger charge is -2.19. The van der Waals surface area contributed by atoms with E-state index in [2.05, 4.69) is 13.8 Å². The summed E-state index contributed by atoms with van der Waals surface area (Å²) in [6.07, 6.45) is 41.5. The van der Waals surface area contributed by atoms with Crippen molar-refractivity contribution in [2.75, 3.05) is 39.6 Å². The molecule has 0 amide bonds. The fourth-order valence-electron chi connectivity index (χ4n) is 6.38. The van der Waals surface area contributed by atoms with E-state index in [0.717, 1.165) is 26.1 Å². The molecule has 0 rings (SSSR count). The SMILES string of the molecule is CC(CCCCCCCCCCCCCCCCOCCO)OC(C)CCCCCCCCCCCCCCCCOCCO. The van der Waals surface area contributed by atoms with Gasteiger partial charge in [0.05, 0.1) is 38.6 Å². The van der Waals surface area contributed by atoms with Crippen molar-refractivity contribution in [3.63, 3.8) is 0 Å². The molecule has 0 aliphatic rings. The van der Waals surface area contributed by atoms with Gasteiger partial charge in [-0.05, 0) is 39.5 Å². The Balaban J connectivity index is 3.25. The first-order valence-electron chi connectivity index (χ1n) is 20.2. The molecule has 45 heavy (non-hydrogen) atoms. The van der Waals surface area contributed by atoms with Gasteiger partial charge < -0.3 is 24.4 Å². The summed E-state index contributed by atoms with van der Waals surface area (Å²) in [4.78, 5) is 0. The lowest BCUT2D eigenvalue weighted by atomic mass is 10.0. The Hall–Kier alpha value is -0.200. The second-order valence-corrected chi connectivity index (χ2v) is 13.9. The quantitative estimate of drug-likeness (QED) is 0.0651. The molecule has 0 spiro atoms. The molecule has 0 radical (unpaired) electrons. The van der Waals surface area contributed by atoms with Gasteiger partial charge in [0.15, 0.2) is 0 Å². The molecule has 0 aromatic rings. The minimum atomic E-state index is 0.143. The largest absolute Gasteiger partial charge is 0.394 e. The van der Waals surface area contributed by atoms with Crippen LogP contribution in [0.5, 0.6) is 0 Å². The van der Waals surface area contributed by atoms with Crippen LogP contribution in [0.4, 0.5) is 0 Å². The molecule has 2 atom stereocenters. The second-order valence-electron chi connectivity index (χ2n) is 13.9. The summed E-state index contributed by atoms with van der Waals surface area (Å²) in [5, 5.41) is 17.4. The normalized spacial score (nSPS) is 13.1. The standard InChI is InChI=1S/C40H82O5/c1-39(31-27-23-19-15-11-7-3-5-9-13-17-21-25-29-35-43-37-33-41)45-40(2)32-28-24-20-16-12-8-4-6-10-14-18-22-26-30-36-44-38-34-42/h39-42H,3-38H2,1-2H3. The Morgan fingerprint density at radius 3 is 0.778 bits per heavy atom. The summed E-state index contributed by atoms with van der Waals surface area (Å²) in [6.45, 7) is 7.44. The number of aliphatic hydroxyl groups excluding tert-OH is 2. The average molecular weight is 643 g/mol. The molecule has 0 aromatic heterocycles. The predicted octanol–water partition coefficient (Wildman–Crippen LogP) is 11.5. The molecule has 272 valence electrons. The van der Waals surface area contributed by atoms with E-state index in [9.17, 15) is 0 Å². The minimum absolute atomic E-state index is 0.143. The number of aliphatic hydroxyl groups is 2. The first-order chi connectivity index (χ1) is 22.2. The molecule has 0 aromatic carbocycles. The highest BCUT2D eigenvalue weighted by molar-refractivity contribution is 4.59. The van der Waals surface area contributed by atoms with Crippen molar-refractivity contribution in [1.29, 1.82) is 0 Å². The zero-order valence-corrected chi connectivity index (χ0v) is 30.7. The van der Waals surface area contributed by atoms with E-state index in [4.69, 9.17) is 24.4 Å². The van der Waals surface area contributed by atoms with Crippen LogP contribution in [0.2, 0.25) is 0 Å². The Morgan fingerprint density at radius 2 is 0.533 bits per heavy atom. The van der Waals surface area contributed by atoms with Crippen LogP contribution in [0.1, 0.15) is 206 Å². The summed E-state index contributed by atoms with van der Waals surface area (Å²) in [7, 11) is 0. The molecule has 0 aliphatic heterocycles. The van der Waals surface area contributed by atoms with E-state index in [1.165, 1.54) is 180 Å². The van der Waals surface area contributed by atoms with E-state index in [1.54, 1.807) is 0 Å². The minimum Gasteiger partial charge on any atom is -0.394 e. The lowest BCUT2D eigenvalue weighted by Crippen LogP contribution is -2.17. The van der Waals surface area contributed by atoms with E-state index >= 15 is 0 Å². The molecule has 0 saturated heterocycles. The zero-order chi connectivity index (χ0) is 32.7. The third kappa shape index (κ3) is 39.9. The van der Waals surface area contributed by atoms with Gasteiger partial charge in [0.1, 0.15) is 0 Å². The van der Waals surface area contributed by atoms with Gasteiger partial charge in [-0.25, -0.2) is 0 Å². The Bertz CT molecular complexity index is 473. The summed E-state index contributed by atoms with van der Waals surface area (Å²) in [5.41, 5.74) is 0. The van der Waals surface area contributed by atoms with Crippen LogP contribution in [0, 0.1) is 0 Å². The topological polar surface area (TPSA) is 68.2 Å². The van der Waals surface area contributed by atoms with E-state index in [-0.39, 0.29) is 13.2 Å². The van der Waals surface area contributed by atoms with Crippen molar-refractivity contribution in [2.24, 2.45) is 0 Å². The Morgan fingerprint density at radius 1 is 0.311 bits per heavy atom. The summed E-state index contributed by atoms with van der Waals surface area (Å²) in [6, 6.07) is 0. The van der Waals surface area contributed by atoms with Gasteiger partial charge >= 0.3 is 0 Å². The highest BCUT2D eigenvalue weighted by atomic mass is 16.5. The lowest BCUT2D eigenvalue weighted by molar-refractivity contribution is -0.00232. The summed E-state index contributed by atoms with van der Waals surface area (Å²) in [5.74, 6) is 0. The van der Waals surface area contributed by atoms with Crippen molar-refractivity contribution in [2.45, 2.75) is 219 Å². The van der Waals surface area contributed by atoms with Gasteiger partial charge in [-0.1, -0.05) is 167 Å². The van der Waals surface area contributed by atoms with Crippen molar-refractivity contribution < 1.29 is 24.4 Å². The summed E-state index contributed by atoms with van der Waals surface area (Å²) < 4.78 is 16.9. The van der Waals surface area contributed by atoms with Crippen LogP contribution < -0.4 is 0 Å². The van der Waals surface area contributed by atoms with Crippen LogP contribution in [0.3, 0.4) is 0 Å². The number of rotatable bonds is 40. The maximum atomic E-state index is 8.68. The third-order valence-electron chi connectivity index (χ3n) is 9.23. The van der Waals surface area contributed by atoms with E-state index in [0.29, 0.717) is 25.4 Å². The molecule has 0 heterocycles. The number of hydrogen-bond donors (Lipinski definition) is 2. The van der Waals surface area contributed by atoms with Crippen LogP contribution in [0.25, 0.3) is 0 Å². The third-order valence-corrected chi connectivity index (χ3v) is 9.23. The van der Waals surface area contributed by atoms with Crippen LogP contribution in [0.15, 0.2) is 0 Å². The molecule has 0 aliphatic carbocycles. The maximum Gasteiger partial charge on any atom is 0.0697 e. The van der Waals surface area contributed by atoms with Crippen molar-refractivity contribution in [3.8, 4) is 0 Å². The van der Waals surface area contributed by atoms with Crippen molar-refractivity contribution >= 4 is 0 Å². The first-order valence-corrected chi connectivity index (χ1v) is 20.2. The van der Waals surface area contributed by atoms with Gasteiger partial charge in [-0.15, -0.1) is 0 Å². The van der Waals surface area contributed by atoms with Crippen LogP contribution >= 0.6 is 0 Å². The second kappa shape index (κ2) is 40.0. The smallest absolute Gasteiger partial charge is 0.0697 e. The molecule has 0 bridgehead atoms. The highest BCUT2D eigenvalue weighted by Gasteiger charge is 2.08. The number of unbranched alkanes of at least 4 members (excludes halogenated alkanes) is 26. The fraction of sp³-hybridized carbons (Fsp3) is 1.00.